The molecule has 0 aromatic carbocycles. The Morgan fingerprint density at radius 1 is 1.36 bits per heavy atom. The summed E-state index contributed by atoms with van der Waals surface area (Å²) < 4.78 is 5.08. The third-order valence-corrected chi connectivity index (χ3v) is 3.74. The molecule has 1 aliphatic heterocycles. The summed E-state index contributed by atoms with van der Waals surface area (Å²) in [5.74, 6) is -1.19. The zero-order chi connectivity index (χ0) is 16.1. The van der Waals surface area contributed by atoms with Gasteiger partial charge in [0.15, 0.2) is 0 Å². The first-order valence-electron chi connectivity index (χ1n) is 7.42. The van der Waals surface area contributed by atoms with E-state index in [-0.39, 0.29) is 24.1 Å². The molecule has 7 heteroatoms. The summed E-state index contributed by atoms with van der Waals surface area (Å²) in [5.41, 5.74) is 0. The number of nitrogens with zero attached hydrogens (tertiary/aromatic N) is 1. The number of amides is 2. The number of likely N-dealkylation sites (tertiary alicyclic amines) is 1. The van der Waals surface area contributed by atoms with Gasteiger partial charge < -0.3 is 19.7 Å². The van der Waals surface area contributed by atoms with Gasteiger partial charge in [-0.15, -0.1) is 0 Å². The fraction of sp³-hybridized carbons (Fsp3) is 0.533. The number of piperidine rings is 1. The van der Waals surface area contributed by atoms with E-state index in [1.807, 2.05) is 0 Å². The fourth-order valence-electron chi connectivity index (χ4n) is 2.59. The van der Waals surface area contributed by atoms with Gasteiger partial charge in [0, 0.05) is 13.0 Å². The number of carbonyl (C=O) groups excluding carboxylic acids is 2. The molecule has 2 rings (SSSR count). The lowest BCUT2D eigenvalue weighted by Gasteiger charge is -2.34. The van der Waals surface area contributed by atoms with Crippen LogP contribution in [0.1, 0.15) is 48.9 Å². The summed E-state index contributed by atoms with van der Waals surface area (Å²) >= 11 is 0. The SMILES string of the molecule is CCC(=O)N1CCCCC1C(=O)NCc1ccc(C(=O)O)o1. The molecule has 22 heavy (non-hydrogen) atoms. The minimum absolute atomic E-state index is 0.0222. The first-order chi connectivity index (χ1) is 10.5. The van der Waals surface area contributed by atoms with E-state index in [4.69, 9.17) is 9.52 Å². The van der Waals surface area contributed by atoms with Crippen molar-refractivity contribution in [2.45, 2.75) is 45.2 Å². The number of rotatable bonds is 5. The molecular weight excluding hydrogens is 288 g/mol. The van der Waals surface area contributed by atoms with Crippen LogP contribution < -0.4 is 5.32 Å². The maximum atomic E-state index is 12.3. The first kappa shape index (κ1) is 16.1. The molecule has 2 N–H and O–H groups in total. The van der Waals surface area contributed by atoms with Crippen molar-refractivity contribution in [2.75, 3.05) is 6.54 Å². The van der Waals surface area contributed by atoms with Crippen LogP contribution in [-0.2, 0) is 16.1 Å². The molecule has 0 aliphatic carbocycles. The summed E-state index contributed by atoms with van der Waals surface area (Å²) in [6.45, 7) is 2.49. The van der Waals surface area contributed by atoms with Crippen molar-refractivity contribution >= 4 is 17.8 Å². The van der Waals surface area contributed by atoms with Crippen LogP contribution in [0.5, 0.6) is 0 Å². The van der Waals surface area contributed by atoms with Gasteiger partial charge in [0.1, 0.15) is 11.8 Å². The molecule has 1 unspecified atom stereocenters. The molecule has 1 aliphatic rings. The Labute approximate surface area is 128 Å². The highest BCUT2D eigenvalue weighted by atomic mass is 16.4. The molecule has 1 saturated heterocycles. The van der Waals surface area contributed by atoms with Crippen molar-refractivity contribution in [1.82, 2.24) is 10.2 Å². The largest absolute Gasteiger partial charge is 0.475 e. The molecule has 0 saturated carbocycles. The van der Waals surface area contributed by atoms with E-state index in [1.54, 1.807) is 11.8 Å². The van der Waals surface area contributed by atoms with Crippen LogP contribution >= 0.6 is 0 Å². The van der Waals surface area contributed by atoms with Gasteiger partial charge in [0.2, 0.25) is 17.6 Å². The van der Waals surface area contributed by atoms with Crippen LogP contribution in [0.25, 0.3) is 0 Å². The Balaban J connectivity index is 1.94. The maximum absolute atomic E-state index is 12.3. The van der Waals surface area contributed by atoms with Gasteiger partial charge in [-0.2, -0.15) is 0 Å². The molecule has 0 radical (unpaired) electrons. The maximum Gasteiger partial charge on any atom is 0.371 e. The van der Waals surface area contributed by atoms with Crippen LogP contribution in [0.15, 0.2) is 16.5 Å². The molecular formula is C15H20N2O5. The number of aromatic carboxylic acids is 1. The molecule has 1 atom stereocenters. The van der Waals surface area contributed by atoms with Gasteiger partial charge in [-0.25, -0.2) is 4.79 Å². The number of nitrogens with one attached hydrogen (secondary N) is 1. The highest BCUT2D eigenvalue weighted by molar-refractivity contribution is 5.87. The minimum atomic E-state index is -1.15. The Hall–Kier alpha value is -2.31. The second kappa shape index (κ2) is 7.11. The van der Waals surface area contributed by atoms with E-state index < -0.39 is 12.0 Å². The molecule has 7 nitrogen and oxygen atoms in total. The van der Waals surface area contributed by atoms with E-state index in [1.165, 1.54) is 12.1 Å². The third kappa shape index (κ3) is 3.66. The second-order valence-corrected chi connectivity index (χ2v) is 5.24. The fourth-order valence-corrected chi connectivity index (χ4v) is 2.59. The lowest BCUT2D eigenvalue weighted by Crippen LogP contribution is -2.51. The topological polar surface area (TPSA) is 99.9 Å². The van der Waals surface area contributed by atoms with Crippen LogP contribution in [0.4, 0.5) is 0 Å². The highest BCUT2D eigenvalue weighted by Crippen LogP contribution is 2.18. The van der Waals surface area contributed by atoms with Crippen molar-refractivity contribution in [3.05, 3.63) is 23.7 Å². The molecule has 1 aromatic rings. The molecule has 2 heterocycles. The zero-order valence-corrected chi connectivity index (χ0v) is 12.5. The molecule has 1 aromatic heterocycles. The smallest absolute Gasteiger partial charge is 0.371 e. The molecule has 2 amide bonds. The Morgan fingerprint density at radius 3 is 2.77 bits per heavy atom. The van der Waals surface area contributed by atoms with Gasteiger partial charge in [-0.1, -0.05) is 6.92 Å². The van der Waals surface area contributed by atoms with Gasteiger partial charge >= 0.3 is 5.97 Å². The van der Waals surface area contributed by atoms with E-state index in [0.717, 1.165) is 12.8 Å². The highest BCUT2D eigenvalue weighted by Gasteiger charge is 2.31. The van der Waals surface area contributed by atoms with Gasteiger partial charge in [0.25, 0.3) is 0 Å². The number of carboxylic acids is 1. The van der Waals surface area contributed by atoms with Crippen LogP contribution in [-0.4, -0.2) is 40.4 Å². The summed E-state index contributed by atoms with van der Waals surface area (Å²) in [6, 6.07) is 2.41. The first-order valence-corrected chi connectivity index (χ1v) is 7.42. The summed E-state index contributed by atoms with van der Waals surface area (Å²) in [4.78, 5) is 36.5. The predicted molar refractivity (Wildman–Crippen MR) is 77.2 cm³/mol. The van der Waals surface area contributed by atoms with Crippen molar-refractivity contribution in [3.8, 4) is 0 Å². The normalized spacial score (nSPS) is 18.0. The van der Waals surface area contributed by atoms with Gasteiger partial charge in [0.05, 0.1) is 6.54 Å². The summed E-state index contributed by atoms with van der Waals surface area (Å²) in [6.07, 6.45) is 2.85. The Morgan fingerprint density at radius 2 is 2.14 bits per heavy atom. The predicted octanol–water partition coefficient (Wildman–Crippen LogP) is 1.39. The lowest BCUT2D eigenvalue weighted by molar-refractivity contribution is -0.142. The average molecular weight is 308 g/mol. The average Bonchev–Trinajstić information content (AvgIpc) is 3.01. The van der Waals surface area contributed by atoms with Crippen LogP contribution in [0.2, 0.25) is 0 Å². The van der Waals surface area contributed by atoms with E-state index in [2.05, 4.69) is 5.32 Å². The number of hydrogen-bond donors (Lipinski definition) is 2. The number of hydrogen-bond acceptors (Lipinski definition) is 4. The van der Waals surface area contributed by atoms with E-state index >= 15 is 0 Å². The number of carboxylic acid groups (broad SMARTS) is 1. The van der Waals surface area contributed by atoms with E-state index in [9.17, 15) is 14.4 Å². The van der Waals surface area contributed by atoms with Gasteiger partial charge in [-0.3, -0.25) is 9.59 Å². The molecule has 1 fully saturated rings. The second-order valence-electron chi connectivity index (χ2n) is 5.24. The minimum Gasteiger partial charge on any atom is -0.475 e. The van der Waals surface area contributed by atoms with Crippen LogP contribution in [0.3, 0.4) is 0 Å². The quantitative estimate of drug-likeness (QED) is 0.856. The lowest BCUT2D eigenvalue weighted by atomic mass is 10.0. The Kier molecular flexibility index (Phi) is 5.19. The molecule has 120 valence electrons. The third-order valence-electron chi connectivity index (χ3n) is 3.74. The summed E-state index contributed by atoms with van der Waals surface area (Å²) in [7, 11) is 0. The van der Waals surface area contributed by atoms with Crippen molar-refractivity contribution < 1.29 is 23.9 Å². The van der Waals surface area contributed by atoms with Crippen LogP contribution in [0, 0.1) is 0 Å². The molecule has 0 bridgehead atoms. The molecule has 0 spiro atoms. The van der Waals surface area contributed by atoms with Crippen molar-refractivity contribution in [1.29, 1.82) is 0 Å². The van der Waals surface area contributed by atoms with Gasteiger partial charge in [-0.05, 0) is 31.4 Å². The number of furan rings is 1. The summed E-state index contributed by atoms with van der Waals surface area (Å²) in [5, 5.41) is 11.5. The van der Waals surface area contributed by atoms with Crippen molar-refractivity contribution in [3.63, 3.8) is 0 Å². The standard InChI is InChI=1S/C15H20N2O5/c1-2-13(18)17-8-4-3-5-11(17)14(19)16-9-10-6-7-12(22-10)15(20)21/h6-7,11H,2-5,8-9H2,1H3,(H,16,19)(H,20,21). The number of carbonyl (C=O) groups is 3. The van der Waals surface area contributed by atoms with Crippen molar-refractivity contribution in [2.24, 2.45) is 0 Å². The zero-order valence-electron chi connectivity index (χ0n) is 12.5. The monoisotopic (exact) mass is 308 g/mol. The Bertz CT molecular complexity index is 566. The van der Waals surface area contributed by atoms with E-state index in [0.29, 0.717) is 25.1 Å².